The summed E-state index contributed by atoms with van der Waals surface area (Å²) in [4.78, 5) is 16.3. The summed E-state index contributed by atoms with van der Waals surface area (Å²) in [5, 5.41) is 3.68. The molecule has 0 fully saturated rings. The molecule has 0 bridgehead atoms. The van der Waals surface area contributed by atoms with Gasteiger partial charge in [-0.25, -0.2) is 4.98 Å². The number of hydrogen-bond acceptors (Lipinski definition) is 3. The molecule has 0 saturated heterocycles. The van der Waals surface area contributed by atoms with Crippen molar-refractivity contribution in [2.75, 3.05) is 5.32 Å². The first-order valence-electron chi connectivity index (χ1n) is 7.47. The van der Waals surface area contributed by atoms with E-state index in [1.807, 2.05) is 24.3 Å². The molecule has 25 heavy (non-hydrogen) atoms. The number of nitrogens with zero attached hydrogens (tertiary/aromatic N) is 1. The first-order valence-corrected chi connectivity index (χ1v) is 9.02. The molecule has 1 aromatic heterocycles. The second-order valence-electron chi connectivity index (χ2n) is 5.30. The fraction of sp³-hybridized carbons (Fsp3) is 0.111. The minimum absolute atomic E-state index is 0.187. The Morgan fingerprint density at radius 3 is 2.68 bits per heavy atom. The fourth-order valence-corrected chi connectivity index (χ4v) is 2.80. The van der Waals surface area contributed by atoms with Crippen LogP contribution in [0.1, 0.15) is 12.3 Å². The van der Waals surface area contributed by atoms with E-state index < -0.39 is 0 Å². The lowest BCUT2D eigenvalue weighted by molar-refractivity contribution is -0.116. The average molecular weight is 440 g/mol. The van der Waals surface area contributed by atoms with E-state index >= 15 is 0 Å². The summed E-state index contributed by atoms with van der Waals surface area (Å²) in [6, 6.07) is 12.6. The third-order valence-electron chi connectivity index (χ3n) is 3.45. The van der Waals surface area contributed by atoms with Crippen molar-refractivity contribution in [1.29, 1.82) is 0 Å². The molecule has 128 valence electrons. The van der Waals surface area contributed by atoms with Crippen LogP contribution in [0.4, 0.5) is 5.69 Å². The van der Waals surface area contributed by atoms with Crippen molar-refractivity contribution < 1.29 is 9.21 Å². The highest BCUT2D eigenvalue weighted by atomic mass is 79.9. The third kappa shape index (κ3) is 4.84. The van der Waals surface area contributed by atoms with Gasteiger partial charge >= 0.3 is 0 Å². The zero-order valence-electron chi connectivity index (χ0n) is 12.9. The molecule has 0 aliphatic rings. The van der Waals surface area contributed by atoms with E-state index in [1.54, 1.807) is 24.4 Å². The monoisotopic (exact) mass is 438 g/mol. The summed E-state index contributed by atoms with van der Waals surface area (Å²) < 4.78 is 6.69. The van der Waals surface area contributed by atoms with Crippen LogP contribution in [-0.4, -0.2) is 10.9 Å². The van der Waals surface area contributed by atoms with Gasteiger partial charge in [-0.05, 0) is 30.3 Å². The fourth-order valence-electron chi connectivity index (χ4n) is 2.20. The van der Waals surface area contributed by atoms with E-state index in [-0.39, 0.29) is 12.3 Å². The van der Waals surface area contributed by atoms with Gasteiger partial charge in [0.05, 0.1) is 16.9 Å². The van der Waals surface area contributed by atoms with E-state index in [9.17, 15) is 4.79 Å². The largest absolute Gasteiger partial charge is 0.441 e. The van der Waals surface area contributed by atoms with Crippen molar-refractivity contribution in [3.8, 4) is 11.3 Å². The SMILES string of the molecule is O=C(CCc1ncc(-c2ccc(Br)cc2)o1)Nc1cc(Cl)ccc1Cl. The Kier molecular flexibility index (Phi) is 5.78. The van der Waals surface area contributed by atoms with Crippen LogP contribution >= 0.6 is 39.1 Å². The van der Waals surface area contributed by atoms with Gasteiger partial charge in [-0.3, -0.25) is 4.79 Å². The molecular formula is C18H13BrCl2N2O2. The van der Waals surface area contributed by atoms with Crippen LogP contribution < -0.4 is 5.32 Å². The van der Waals surface area contributed by atoms with Crippen LogP contribution in [0.2, 0.25) is 10.0 Å². The maximum atomic E-state index is 12.1. The number of amides is 1. The number of aromatic nitrogens is 1. The van der Waals surface area contributed by atoms with Gasteiger partial charge in [0.15, 0.2) is 11.7 Å². The van der Waals surface area contributed by atoms with E-state index in [0.717, 1.165) is 10.0 Å². The summed E-state index contributed by atoms with van der Waals surface area (Å²) in [6.07, 6.45) is 2.27. The van der Waals surface area contributed by atoms with Crippen molar-refractivity contribution >= 4 is 50.7 Å². The van der Waals surface area contributed by atoms with Gasteiger partial charge in [0.25, 0.3) is 0 Å². The summed E-state index contributed by atoms with van der Waals surface area (Å²) in [5.74, 6) is 0.985. The normalized spacial score (nSPS) is 10.7. The molecule has 7 heteroatoms. The first kappa shape index (κ1) is 18.0. The Hall–Kier alpha value is -1.82. The van der Waals surface area contributed by atoms with Gasteiger partial charge in [-0.2, -0.15) is 0 Å². The summed E-state index contributed by atoms with van der Waals surface area (Å²) >= 11 is 15.3. The van der Waals surface area contributed by atoms with Crippen molar-refractivity contribution in [1.82, 2.24) is 4.98 Å². The summed E-state index contributed by atoms with van der Waals surface area (Å²) in [7, 11) is 0. The second kappa shape index (κ2) is 8.04. The van der Waals surface area contributed by atoms with Crippen LogP contribution in [0.3, 0.4) is 0 Å². The minimum Gasteiger partial charge on any atom is -0.441 e. The van der Waals surface area contributed by atoms with Crippen molar-refractivity contribution in [2.45, 2.75) is 12.8 Å². The highest BCUT2D eigenvalue weighted by Gasteiger charge is 2.11. The van der Waals surface area contributed by atoms with Crippen LogP contribution in [0.5, 0.6) is 0 Å². The molecule has 1 amide bonds. The zero-order valence-corrected chi connectivity index (χ0v) is 16.0. The zero-order chi connectivity index (χ0) is 17.8. The van der Waals surface area contributed by atoms with Gasteiger partial charge in [-0.1, -0.05) is 51.3 Å². The predicted octanol–water partition coefficient (Wildman–Crippen LogP) is 5.98. The highest BCUT2D eigenvalue weighted by molar-refractivity contribution is 9.10. The molecule has 3 aromatic rings. The Morgan fingerprint density at radius 1 is 1.16 bits per heavy atom. The number of rotatable bonds is 5. The number of hydrogen-bond donors (Lipinski definition) is 1. The number of carbonyl (C=O) groups excluding carboxylic acids is 1. The molecule has 0 spiro atoms. The van der Waals surface area contributed by atoms with Crippen LogP contribution in [0, 0.1) is 0 Å². The smallest absolute Gasteiger partial charge is 0.224 e. The lowest BCUT2D eigenvalue weighted by atomic mass is 10.2. The number of benzene rings is 2. The Balaban J connectivity index is 1.59. The molecule has 0 saturated carbocycles. The molecule has 4 nitrogen and oxygen atoms in total. The molecule has 0 atom stereocenters. The second-order valence-corrected chi connectivity index (χ2v) is 7.06. The topological polar surface area (TPSA) is 55.1 Å². The van der Waals surface area contributed by atoms with Crippen LogP contribution in [0.15, 0.2) is 57.6 Å². The van der Waals surface area contributed by atoms with Gasteiger partial charge in [0.2, 0.25) is 5.91 Å². The molecule has 1 N–H and O–H groups in total. The number of halogens is 3. The van der Waals surface area contributed by atoms with Crippen LogP contribution in [0.25, 0.3) is 11.3 Å². The number of carbonyl (C=O) groups is 1. The number of nitrogens with one attached hydrogen (secondary N) is 1. The third-order valence-corrected chi connectivity index (χ3v) is 4.54. The van der Waals surface area contributed by atoms with E-state index in [1.165, 1.54) is 0 Å². The lowest BCUT2D eigenvalue weighted by Crippen LogP contribution is -2.12. The average Bonchev–Trinajstić information content (AvgIpc) is 3.06. The molecule has 0 aliphatic heterocycles. The quantitative estimate of drug-likeness (QED) is 0.531. The van der Waals surface area contributed by atoms with Crippen molar-refractivity contribution in [3.05, 3.63) is 69.1 Å². The number of oxazole rings is 1. The van der Waals surface area contributed by atoms with Crippen LogP contribution in [-0.2, 0) is 11.2 Å². The standard InChI is InChI=1S/C18H13BrCl2N2O2/c19-12-3-1-11(2-4-12)16-10-22-18(25-16)8-7-17(24)23-15-9-13(20)5-6-14(15)21/h1-6,9-10H,7-8H2,(H,23,24). The molecule has 0 unspecified atom stereocenters. The molecule has 2 aromatic carbocycles. The van der Waals surface area contributed by atoms with Gasteiger partial charge in [0.1, 0.15) is 0 Å². The lowest BCUT2D eigenvalue weighted by Gasteiger charge is -2.06. The van der Waals surface area contributed by atoms with Gasteiger partial charge in [-0.15, -0.1) is 0 Å². The summed E-state index contributed by atoms with van der Waals surface area (Å²) in [5.41, 5.74) is 1.42. The summed E-state index contributed by atoms with van der Waals surface area (Å²) in [6.45, 7) is 0. The number of aryl methyl sites for hydroxylation is 1. The predicted molar refractivity (Wildman–Crippen MR) is 103 cm³/mol. The van der Waals surface area contributed by atoms with Crippen molar-refractivity contribution in [3.63, 3.8) is 0 Å². The van der Waals surface area contributed by atoms with E-state index in [4.69, 9.17) is 27.6 Å². The highest BCUT2D eigenvalue weighted by Crippen LogP contribution is 2.26. The maximum Gasteiger partial charge on any atom is 0.224 e. The molecule has 0 aliphatic carbocycles. The maximum absolute atomic E-state index is 12.1. The number of anilines is 1. The Morgan fingerprint density at radius 2 is 1.92 bits per heavy atom. The minimum atomic E-state index is -0.187. The molecule has 1 heterocycles. The first-order chi connectivity index (χ1) is 12.0. The molecule has 3 rings (SSSR count). The Bertz CT molecular complexity index is 894. The van der Waals surface area contributed by atoms with Gasteiger partial charge in [0, 0.05) is 27.9 Å². The molecular weight excluding hydrogens is 427 g/mol. The Labute approximate surface area is 163 Å². The van der Waals surface area contributed by atoms with Crippen molar-refractivity contribution in [2.24, 2.45) is 0 Å². The van der Waals surface area contributed by atoms with Gasteiger partial charge < -0.3 is 9.73 Å². The van der Waals surface area contributed by atoms with E-state index in [0.29, 0.717) is 33.8 Å². The molecule has 0 radical (unpaired) electrons. The van der Waals surface area contributed by atoms with E-state index in [2.05, 4.69) is 26.2 Å².